The van der Waals surface area contributed by atoms with Gasteiger partial charge in [-0.15, -0.1) is 0 Å². The lowest BCUT2D eigenvalue weighted by Gasteiger charge is -2.19. The number of nitrogens with one attached hydrogen (secondary N) is 2. The molecule has 0 spiro atoms. The SMILES string of the molecule is CN(CCCNC1CC1)S(=O)(=O)Nc1ccc(F)cc1Br. The molecule has 2 rings (SSSR count). The normalized spacial score (nSPS) is 15.4. The molecule has 0 atom stereocenters. The second-order valence-electron chi connectivity index (χ2n) is 5.13. The summed E-state index contributed by atoms with van der Waals surface area (Å²) >= 11 is 3.14. The van der Waals surface area contributed by atoms with Gasteiger partial charge in [0, 0.05) is 24.1 Å². The highest BCUT2D eigenvalue weighted by molar-refractivity contribution is 9.10. The van der Waals surface area contributed by atoms with Crippen molar-refractivity contribution < 1.29 is 12.8 Å². The molecule has 1 aliphatic carbocycles. The number of benzene rings is 1. The van der Waals surface area contributed by atoms with E-state index in [-0.39, 0.29) is 0 Å². The van der Waals surface area contributed by atoms with Crippen molar-refractivity contribution in [1.29, 1.82) is 0 Å². The minimum atomic E-state index is -3.63. The molecule has 21 heavy (non-hydrogen) atoms. The molecule has 8 heteroatoms. The average Bonchev–Trinajstić information content (AvgIpc) is 3.22. The van der Waals surface area contributed by atoms with E-state index in [2.05, 4.69) is 26.0 Å². The maximum Gasteiger partial charge on any atom is 0.301 e. The largest absolute Gasteiger partial charge is 0.314 e. The topological polar surface area (TPSA) is 61.4 Å². The van der Waals surface area contributed by atoms with Crippen LogP contribution in [-0.2, 0) is 10.2 Å². The number of hydrogen-bond donors (Lipinski definition) is 2. The van der Waals surface area contributed by atoms with Crippen molar-refractivity contribution in [2.24, 2.45) is 0 Å². The number of rotatable bonds is 8. The summed E-state index contributed by atoms with van der Waals surface area (Å²) in [4.78, 5) is 0. The summed E-state index contributed by atoms with van der Waals surface area (Å²) in [6.07, 6.45) is 3.18. The van der Waals surface area contributed by atoms with Crippen molar-refractivity contribution in [1.82, 2.24) is 9.62 Å². The molecule has 0 heterocycles. The van der Waals surface area contributed by atoms with Gasteiger partial charge in [0.25, 0.3) is 0 Å². The Bertz CT molecular complexity index is 593. The molecule has 1 aromatic rings. The van der Waals surface area contributed by atoms with Crippen molar-refractivity contribution in [3.63, 3.8) is 0 Å². The van der Waals surface area contributed by atoms with E-state index in [1.165, 1.54) is 42.4 Å². The minimum Gasteiger partial charge on any atom is -0.314 e. The van der Waals surface area contributed by atoms with E-state index in [0.717, 1.165) is 13.0 Å². The highest BCUT2D eigenvalue weighted by Crippen LogP contribution is 2.24. The van der Waals surface area contributed by atoms with Crippen LogP contribution in [0.3, 0.4) is 0 Å². The van der Waals surface area contributed by atoms with Gasteiger partial charge in [-0.1, -0.05) is 0 Å². The van der Waals surface area contributed by atoms with Crippen LogP contribution in [0.4, 0.5) is 10.1 Å². The van der Waals surface area contributed by atoms with E-state index in [1.807, 2.05) is 0 Å². The first-order chi connectivity index (χ1) is 9.88. The van der Waals surface area contributed by atoms with Crippen LogP contribution in [0.1, 0.15) is 19.3 Å². The number of halogens is 2. The molecule has 0 unspecified atom stereocenters. The van der Waals surface area contributed by atoms with Crippen molar-refractivity contribution in [2.75, 3.05) is 24.9 Å². The van der Waals surface area contributed by atoms with Gasteiger partial charge >= 0.3 is 10.2 Å². The lowest BCUT2D eigenvalue weighted by molar-refractivity contribution is 0.457. The van der Waals surface area contributed by atoms with Gasteiger partial charge in [0.1, 0.15) is 5.82 Å². The summed E-state index contributed by atoms with van der Waals surface area (Å²) in [7, 11) is -2.11. The summed E-state index contributed by atoms with van der Waals surface area (Å²) in [6.45, 7) is 1.23. The molecule has 1 saturated carbocycles. The van der Waals surface area contributed by atoms with E-state index < -0.39 is 16.0 Å². The van der Waals surface area contributed by atoms with Gasteiger partial charge in [0.15, 0.2) is 0 Å². The molecule has 0 amide bonds. The van der Waals surface area contributed by atoms with Gasteiger partial charge < -0.3 is 5.32 Å². The molecule has 0 bridgehead atoms. The zero-order valence-corrected chi connectivity index (χ0v) is 14.2. The third-order valence-electron chi connectivity index (χ3n) is 3.24. The van der Waals surface area contributed by atoms with Gasteiger partial charge in [0.05, 0.1) is 5.69 Å². The number of nitrogens with zero attached hydrogens (tertiary/aromatic N) is 1. The predicted octanol–water partition coefficient (Wildman–Crippen LogP) is 2.32. The molecular weight excluding hydrogens is 361 g/mol. The van der Waals surface area contributed by atoms with Crippen LogP contribution in [0, 0.1) is 5.82 Å². The molecule has 118 valence electrons. The Morgan fingerprint density at radius 3 is 2.76 bits per heavy atom. The lowest BCUT2D eigenvalue weighted by Crippen LogP contribution is -2.34. The predicted molar refractivity (Wildman–Crippen MR) is 84.9 cm³/mol. The van der Waals surface area contributed by atoms with Crippen molar-refractivity contribution >= 4 is 31.8 Å². The first-order valence-electron chi connectivity index (χ1n) is 6.81. The second kappa shape index (κ2) is 7.04. The molecule has 0 aromatic heterocycles. The maximum atomic E-state index is 13.0. The van der Waals surface area contributed by atoms with Crippen LogP contribution in [0.2, 0.25) is 0 Å². The zero-order chi connectivity index (χ0) is 15.5. The minimum absolute atomic E-state index is 0.319. The Labute approximate surface area is 133 Å². The lowest BCUT2D eigenvalue weighted by atomic mass is 10.3. The van der Waals surface area contributed by atoms with E-state index in [9.17, 15) is 12.8 Å². The average molecular weight is 380 g/mol. The third kappa shape index (κ3) is 5.21. The van der Waals surface area contributed by atoms with E-state index in [0.29, 0.717) is 22.7 Å². The van der Waals surface area contributed by atoms with Crippen LogP contribution in [0.15, 0.2) is 22.7 Å². The fourth-order valence-electron chi connectivity index (χ4n) is 1.80. The second-order valence-corrected chi connectivity index (χ2v) is 7.77. The van der Waals surface area contributed by atoms with Gasteiger partial charge in [0.2, 0.25) is 0 Å². The summed E-state index contributed by atoms with van der Waals surface area (Å²) in [5.41, 5.74) is 0.319. The van der Waals surface area contributed by atoms with Gasteiger partial charge in [-0.3, -0.25) is 4.72 Å². The molecule has 1 aliphatic rings. The Balaban J connectivity index is 1.86. The number of hydrogen-bond acceptors (Lipinski definition) is 3. The van der Waals surface area contributed by atoms with Gasteiger partial charge in [-0.2, -0.15) is 12.7 Å². The third-order valence-corrected chi connectivity index (χ3v) is 5.38. The van der Waals surface area contributed by atoms with Crippen LogP contribution < -0.4 is 10.0 Å². The van der Waals surface area contributed by atoms with Crippen LogP contribution >= 0.6 is 15.9 Å². The van der Waals surface area contributed by atoms with E-state index >= 15 is 0 Å². The van der Waals surface area contributed by atoms with Crippen LogP contribution in [0.25, 0.3) is 0 Å². The fourth-order valence-corrected chi connectivity index (χ4v) is 3.37. The zero-order valence-electron chi connectivity index (χ0n) is 11.8. The quantitative estimate of drug-likeness (QED) is 0.681. The summed E-state index contributed by atoms with van der Waals surface area (Å²) < 4.78 is 41.4. The monoisotopic (exact) mass is 379 g/mol. The van der Waals surface area contributed by atoms with Gasteiger partial charge in [-0.25, -0.2) is 4.39 Å². The smallest absolute Gasteiger partial charge is 0.301 e. The molecule has 5 nitrogen and oxygen atoms in total. The maximum absolute atomic E-state index is 13.0. The van der Waals surface area contributed by atoms with Crippen LogP contribution in [-0.4, -0.2) is 38.9 Å². The molecule has 0 radical (unpaired) electrons. The first-order valence-corrected chi connectivity index (χ1v) is 9.04. The standard InChI is InChI=1S/C13H19BrFN3O2S/c1-18(8-2-7-16-11-4-5-11)21(19,20)17-13-6-3-10(15)9-12(13)14/h3,6,9,11,16-17H,2,4-5,7-8H2,1H3. The molecule has 2 N–H and O–H groups in total. The van der Waals surface area contributed by atoms with Gasteiger partial charge in [-0.05, 0) is 59.9 Å². The number of anilines is 1. The van der Waals surface area contributed by atoms with Crippen molar-refractivity contribution in [2.45, 2.75) is 25.3 Å². The molecule has 1 fully saturated rings. The Morgan fingerprint density at radius 2 is 2.14 bits per heavy atom. The van der Waals surface area contributed by atoms with Crippen molar-refractivity contribution in [3.8, 4) is 0 Å². The molecule has 0 saturated heterocycles. The Kier molecular flexibility index (Phi) is 5.59. The Morgan fingerprint density at radius 1 is 1.43 bits per heavy atom. The van der Waals surface area contributed by atoms with Crippen LogP contribution in [0.5, 0.6) is 0 Å². The van der Waals surface area contributed by atoms with E-state index in [1.54, 1.807) is 0 Å². The Hall–Kier alpha value is -0.700. The molecule has 0 aliphatic heterocycles. The highest BCUT2D eigenvalue weighted by Gasteiger charge is 2.21. The highest BCUT2D eigenvalue weighted by atomic mass is 79.9. The van der Waals surface area contributed by atoms with Crippen molar-refractivity contribution in [3.05, 3.63) is 28.5 Å². The van der Waals surface area contributed by atoms with E-state index in [4.69, 9.17) is 0 Å². The summed E-state index contributed by atoms with van der Waals surface area (Å²) in [6, 6.07) is 4.44. The summed E-state index contributed by atoms with van der Waals surface area (Å²) in [5, 5.41) is 3.34. The molecular formula is C13H19BrFN3O2S. The summed E-state index contributed by atoms with van der Waals surface area (Å²) in [5.74, 6) is -0.427. The molecule has 1 aromatic carbocycles. The first kappa shape index (κ1) is 16.7. The fraction of sp³-hybridized carbons (Fsp3) is 0.538.